The van der Waals surface area contributed by atoms with Gasteiger partial charge in [0.25, 0.3) is 5.91 Å². The van der Waals surface area contributed by atoms with Gasteiger partial charge in [0, 0.05) is 50.2 Å². The van der Waals surface area contributed by atoms with E-state index in [2.05, 4.69) is 0 Å². The van der Waals surface area contributed by atoms with Crippen molar-refractivity contribution in [2.24, 2.45) is 11.1 Å². The summed E-state index contributed by atoms with van der Waals surface area (Å²) in [5.41, 5.74) is 5.95. The molecule has 2 fully saturated rings. The molecule has 1 aliphatic heterocycles. The molecule has 7 heteroatoms. The molecule has 1 aliphatic carbocycles. The van der Waals surface area contributed by atoms with Crippen LogP contribution in [0.2, 0.25) is 0 Å². The molecule has 2 unspecified atom stereocenters. The quantitative estimate of drug-likeness (QED) is 0.851. The second-order valence-electron chi connectivity index (χ2n) is 8.39. The van der Waals surface area contributed by atoms with E-state index in [1.54, 1.807) is 28.9 Å². The molecule has 2 atom stereocenters. The first-order chi connectivity index (χ1) is 13.1. The van der Waals surface area contributed by atoms with E-state index in [-0.39, 0.29) is 23.7 Å². The zero-order valence-corrected chi connectivity index (χ0v) is 17.1. The van der Waals surface area contributed by atoms with Crippen LogP contribution in [-0.2, 0) is 9.53 Å². The second kappa shape index (κ2) is 7.44. The van der Waals surface area contributed by atoms with Gasteiger partial charge in [-0.15, -0.1) is 0 Å². The molecule has 2 aliphatic rings. The summed E-state index contributed by atoms with van der Waals surface area (Å²) < 4.78 is 19.5. The molecule has 0 bridgehead atoms. The van der Waals surface area contributed by atoms with Gasteiger partial charge in [-0.1, -0.05) is 19.9 Å². The van der Waals surface area contributed by atoms with Gasteiger partial charge in [-0.3, -0.25) is 9.59 Å². The number of amides is 2. The topological polar surface area (TPSA) is 75.9 Å². The first kappa shape index (κ1) is 20.7. The Hall–Kier alpha value is -1.99. The number of hydrogen-bond acceptors (Lipinski definition) is 4. The molecular weight excluding hydrogens is 361 g/mol. The van der Waals surface area contributed by atoms with E-state index < -0.39 is 11.0 Å². The van der Waals surface area contributed by atoms with Gasteiger partial charge in [0.2, 0.25) is 5.91 Å². The van der Waals surface area contributed by atoms with E-state index in [0.717, 1.165) is 0 Å². The van der Waals surface area contributed by atoms with Crippen LogP contribution >= 0.6 is 0 Å². The zero-order valence-electron chi connectivity index (χ0n) is 17.1. The Bertz CT molecular complexity index is 774. The Balaban J connectivity index is 1.61. The van der Waals surface area contributed by atoms with Crippen LogP contribution in [0.3, 0.4) is 0 Å². The molecule has 0 spiro atoms. The Morgan fingerprint density at radius 3 is 2.36 bits per heavy atom. The van der Waals surface area contributed by atoms with E-state index in [1.165, 1.54) is 6.07 Å². The fourth-order valence-corrected chi connectivity index (χ4v) is 4.10. The van der Waals surface area contributed by atoms with Crippen LogP contribution < -0.4 is 5.73 Å². The van der Waals surface area contributed by atoms with Gasteiger partial charge in [0.15, 0.2) is 0 Å². The lowest BCUT2D eigenvalue weighted by Crippen LogP contribution is -2.76. The van der Waals surface area contributed by atoms with Crippen LogP contribution in [0, 0.1) is 18.2 Å². The van der Waals surface area contributed by atoms with Crippen molar-refractivity contribution in [2.45, 2.75) is 45.8 Å². The summed E-state index contributed by atoms with van der Waals surface area (Å²) in [4.78, 5) is 29.1. The van der Waals surface area contributed by atoms with E-state index in [0.29, 0.717) is 50.3 Å². The van der Waals surface area contributed by atoms with Crippen molar-refractivity contribution in [3.8, 4) is 0 Å². The van der Waals surface area contributed by atoms with Crippen molar-refractivity contribution < 1.29 is 18.7 Å². The lowest BCUT2D eigenvalue weighted by Gasteiger charge is -2.59. The monoisotopic (exact) mass is 391 g/mol. The molecule has 6 nitrogen and oxygen atoms in total. The predicted octanol–water partition coefficient (Wildman–Crippen LogP) is 1.95. The van der Waals surface area contributed by atoms with Crippen LogP contribution in [-0.4, -0.2) is 66.0 Å². The molecular formula is C21H30FN3O3. The summed E-state index contributed by atoms with van der Waals surface area (Å²) in [6.45, 7) is 9.80. The normalized spacial score (nSPS) is 26.7. The molecule has 3 rings (SSSR count). The largest absolute Gasteiger partial charge is 0.378 e. The second-order valence-corrected chi connectivity index (χ2v) is 8.39. The number of nitrogens with two attached hydrogens (primary N) is 1. The number of carbonyl (C=O) groups is 2. The Morgan fingerprint density at radius 2 is 1.82 bits per heavy atom. The maximum atomic E-state index is 13.8. The van der Waals surface area contributed by atoms with Gasteiger partial charge in [-0.2, -0.15) is 0 Å². The molecule has 28 heavy (non-hydrogen) atoms. The summed E-state index contributed by atoms with van der Waals surface area (Å²) >= 11 is 0. The average molecular weight is 391 g/mol. The van der Waals surface area contributed by atoms with Gasteiger partial charge in [0.05, 0.1) is 6.10 Å². The Morgan fingerprint density at radius 1 is 1.21 bits per heavy atom. The number of carbonyl (C=O) groups excluding carboxylic acids is 2. The first-order valence-electron chi connectivity index (χ1n) is 9.87. The number of halogens is 1. The van der Waals surface area contributed by atoms with Crippen molar-refractivity contribution in [2.75, 3.05) is 32.8 Å². The number of aryl methyl sites for hydroxylation is 1. The maximum Gasteiger partial charge on any atom is 0.254 e. The minimum atomic E-state index is -0.945. The summed E-state index contributed by atoms with van der Waals surface area (Å²) in [7, 11) is 0. The lowest BCUT2D eigenvalue weighted by molar-refractivity contribution is -0.180. The standard InChI is InChI=1S/C21H30FN3O3/c1-5-28-17-13-21(23,20(17,3)4)19(27)25-10-8-24(9-11-25)18(26)15-7-6-14(2)16(22)12-15/h6-7,12,17H,5,8-11,13,23H2,1-4H3. The predicted molar refractivity (Wildman–Crippen MR) is 104 cm³/mol. The van der Waals surface area contributed by atoms with E-state index in [9.17, 15) is 14.0 Å². The molecule has 1 saturated carbocycles. The van der Waals surface area contributed by atoms with Crippen LogP contribution in [0.4, 0.5) is 4.39 Å². The third-order valence-corrected chi connectivity index (χ3v) is 6.48. The Kier molecular flexibility index (Phi) is 5.51. The van der Waals surface area contributed by atoms with Gasteiger partial charge in [-0.25, -0.2) is 4.39 Å². The number of benzene rings is 1. The summed E-state index contributed by atoms with van der Waals surface area (Å²) in [5.74, 6) is -0.684. The third kappa shape index (κ3) is 3.31. The fourth-order valence-electron chi connectivity index (χ4n) is 4.10. The summed E-state index contributed by atoms with van der Waals surface area (Å²) in [6.07, 6.45) is 0.486. The molecule has 2 N–H and O–H groups in total. The van der Waals surface area contributed by atoms with Crippen molar-refractivity contribution in [1.29, 1.82) is 0 Å². The molecule has 1 aromatic carbocycles. The van der Waals surface area contributed by atoms with Crippen molar-refractivity contribution >= 4 is 11.8 Å². The highest BCUT2D eigenvalue weighted by atomic mass is 19.1. The lowest BCUT2D eigenvalue weighted by atomic mass is 9.54. The van der Waals surface area contributed by atoms with Gasteiger partial charge in [-0.05, 0) is 31.5 Å². The molecule has 0 radical (unpaired) electrons. The highest BCUT2D eigenvalue weighted by Crippen LogP contribution is 2.50. The van der Waals surface area contributed by atoms with Gasteiger partial charge in [0.1, 0.15) is 11.4 Å². The van der Waals surface area contributed by atoms with Crippen molar-refractivity contribution in [1.82, 2.24) is 9.80 Å². The first-order valence-corrected chi connectivity index (χ1v) is 9.87. The van der Waals surface area contributed by atoms with Crippen LogP contribution in [0.5, 0.6) is 0 Å². The number of rotatable bonds is 4. The summed E-state index contributed by atoms with van der Waals surface area (Å²) in [6, 6.07) is 4.51. The summed E-state index contributed by atoms with van der Waals surface area (Å²) in [5, 5.41) is 0. The Labute approximate surface area is 165 Å². The molecule has 0 aromatic heterocycles. The molecule has 1 heterocycles. The maximum absolute atomic E-state index is 13.8. The SMILES string of the molecule is CCOC1CC(N)(C(=O)N2CCN(C(=O)c3ccc(C)c(F)c3)CC2)C1(C)C. The third-order valence-electron chi connectivity index (χ3n) is 6.48. The highest BCUT2D eigenvalue weighted by Gasteiger charge is 2.63. The minimum absolute atomic E-state index is 0.0225. The highest BCUT2D eigenvalue weighted by molar-refractivity contribution is 5.94. The number of hydrogen-bond donors (Lipinski definition) is 1. The van der Waals surface area contributed by atoms with Crippen LogP contribution in [0.1, 0.15) is 43.1 Å². The number of ether oxygens (including phenoxy) is 1. The van der Waals surface area contributed by atoms with Crippen LogP contribution in [0.25, 0.3) is 0 Å². The zero-order chi connectivity index (χ0) is 20.7. The smallest absolute Gasteiger partial charge is 0.254 e. The number of piperazine rings is 1. The van der Waals surface area contributed by atoms with E-state index in [4.69, 9.17) is 10.5 Å². The minimum Gasteiger partial charge on any atom is -0.378 e. The van der Waals surface area contributed by atoms with Crippen molar-refractivity contribution in [3.63, 3.8) is 0 Å². The number of nitrogens with zero attached hydrogens (tertiary/aromatic N) is 2. The van der Waals surface area contributed by atoms with Gasteiger partial charge >= 0.3 is 0 Å². The van der Waals surface area contributed by atoms with E-state index in [1.807, 2.05) is 20.8 Å². The van der Waals surface area contributed by atoms with Gasteiger partial charge < -0.3 is 20.3 Å². The van der Waals surface area contributed by atoms with Crippen LogP contribution in [0.15, 0.2) is 18.2 Å². The average Bonchev–Trinajstić information content (AvgIpc) is 2.68. The molecule has 1 saturated heterocycles. The fraction of sp³-hybridized carbons (Fsp3) is 0.619. The molecule has 1 aromatic rings. The molecule has 2 amide bonds. The van der Waals surface area contributed by atoms with Crippen molar-refractivity contribution in [3.05, 3.63) is 35.1 Å². The van der Waals surface area contributed by atoms with E-state index >= 15 is 0 Å². The molecule has 154 valence electrons.